The summed E-state index contributed by atoms with van der Waals surface area (Å²) in [6, 6.07) is 8.07. The van der Waals surface area contributed by atoms with Gasteiger partial charge in [0.1, 0.15) is 5.82 Å². The van der Waals surface area contributed by atoms with Crippen LogP contribution in [0, 0.1) is 12.7 Å². The Kier molecular flexibility index (Phi) is 6.39. The Hall–Kier alpha value is -1.96. The Labute approximate surface area is 157 Å². The van der Waals surface area contributed by atoms with E-state index in [1.54, 1.807) is 39.0 Å². The molecular weight excluding hydrogens is 379 g/mol. The fraction of sp³-hybridized carbons (Fsp3) is 0.278. The highest BCUT2D eigenvalue weighted by Gasteiger charge is 2.24. The number of benzene rings is 2. The van der Waals surface area contributed by atoms with Gasteiger partial charge in [-0.2, -0.15) is 4.31 Å². The third-order valence-electron chi connectivity index (χ3n) is 3.96. The second-order valence-electron chi connectivity index (χ2n) is 5.64. The fourth-order valence-electron chi connectivity index (χ4n) is 2.51. The molecule has 0 saturated carbocycles. The molecule has 0 bridgehead atoms. The van der Waals surface area contributed by atoms with Crippen molar-refractivity contribution in [3.05, 3.63) is 58.4 Å². The largest absolute Gasteiger partial charge is 0.322 e. The summed E-state index contributed by atoms with van der Waals surface area (Å²) in [5.74, 6) is -1.53. The van der Waals surface area contributed by atoms with Crippen LogP contribution in [0.15, 0.2) is 41.3 Å². The Morgan fingerprint density at radius 3 is 2.38 bits per heavy atom. The molecule has 1 amide bonds. The SMILES string of the molecule is CCN(CC)S(=O)(=O)c1ccc(F)c(C(=O)Nc2ccc(Cl)cc2C)c1. The van der Waals surface area contributed by atoms with Gasteiger partial charge < -0.3 is 5.32 Å². The quantitative estimate of drug-likeness (QED) is 0.797. The molecule has 5 nitrogen and oxygen atoms in total. The van der Waals surface area contributed by atoms with Crippen LogP contribution in [-0.4, -0.2) is 31.7 Å². The molecule has 0 aliphatic carbocycles. The van der Waals surface area contributed by atoms with Gasteiger partial charge in [0.2, 0.25) is 10.0 Å². The first kappa shape index (κ1) is 20.4. The number of carbonyl (C=O) groups is 1. The van der Waals surface area contributed by atoms with Gasteiger partial charge in [0.15, 0.2) is 0 Å². The van der Waals surface area contributed by atoms with Gasteiger partial charge in [0.05, 0.1) is 10.5 Å². The number of rotatable bonds is 6. The molecule has 140 valence electrons. The number of aryl methyl sites for hydroxylation is 1. The average molecular weight is 399 g/mol. The maximum absolute atomic E-state index is 14.2. The molecule has 0 aromatic heterocycles. The molecule has 1 N–H and O–H groups in total. The Bertz CT molecular complexity index is 928. The van der Waals surface area contributed by atoms with Crippen molar-refractivity contribution in [2.24, 2.45) is 0 Å². The first-order chi connectivity index (χ1) is 12.2. The molecule has 0 heterocycles. The number of nitrogens with zero attached hydrogens (tertiary/aromatic N) is 1. The third kappa shape index (κ3) is 4.23. The number of hydrogen-bond acceptors (Lipinski definition) is 3. The zero-order chi connectivity index (χ0) is 19.5. The Balaban J connectivity index is 2.39. The third-order valence-corrected chi connectivity index (χ3v) is 6.24. The summed E-state index contributed by atoms with van der Waals surface area (Å²) >= 11 is 5.88. The van der Waals surface area contributed by atoms with Crippen LogP contribution >= 0.6 is 11.6 Å². The highest BCUT2D eigenvalue weighted by Crippen LogP contribution is 2.23. The zero-order valence-corrected chi connectivity index (χ0v) is 16.3. The lowest BCUT2D eigenvalue weighted by Gasteiger charge is -2.19. The second kappa shape index (κ2) is 8.16. The monoisotopic (exact) mass is 398 g/mol. The van der Waals surface area contributed by atoms with Gasteiger partial charge in [-0.3, -0.25) is 4.79 Å². The molecule has 0 spiro atoms. The van der Waals surface area contributed by atoms with E-state index in [0.29, 0.717) is 16.3 Å². The van der Waals surface area contributed by atoms with Gasteiger partial charge in [-0.05, 0) is 48.9 Å². The van der Waals surface area contributed by atoms with Crippen LogP contribution in [0.25, 0.3) is 0 Å². The van der Waals surface area contributed by atoms with E-state index in [9.17, 15) is 17.6 Å². The van der Waals surface area contributed by atoms with Crippen molar-refractivity contribution in [1.29, 1.82) is 0 Å². The predicted octanol–water partition coefficient (Wildman–Crippen LogP) is 4.07. The molecule has 8 heteroatoms. The van der Waals surface area contributed by atoms with Crippen molar-refractivity contribution in [3.63, 3.8) is 0 Å². The summed E-state index contributed by atoms with van der Waals surface area (Å²) in [5.41, 5.74) is 0.835. The number of anilines is 1. The van der Waals surface area contributed by atoms with Crippen LogP contribution < -0.4 is 5.32 Å². The van der Waals surface area contributed by atoms with Gasteiger partial charge in [-0.25, -0.2) is 12.8 Å². The Morgan fingerprint density at radius 1 is 1.15 bits per heavy atom. The van der Waals surface area contributed by atoms with E-state index in [-0.39, 0.29) is 23.5 Å². The van der Waals surface area contributed by atoms with Crippen molar-refractivity contribution in [3.8, 4) is 0 Å². The average Bonchev–Trinajstić information content (AvgIpc) is 2.58. The summed E-state index contributed by atoms with van der Waals surface area (Å²) in [6.45, 7) is 5.73. The van der Waals surface area contributed by atoms with Crippen LogP contribution in [0.2, 0.25) is 5.02 Å². The summed E-state index contributed by atoms with van der Waals surface area (Å²) in [6.07, 6.45) is 0. The highest BCUT2D eigenvalue weighted by atomic mass is 35.5. The van der Waals surface area contributed by atoms with Crippen molar-refractivity contribution in [2.75, 3.05) is 18.4 Å². The number of halogens is 2. The lowest BCUT2D eigenvalue weighted by molar-refractivity contribution is 0.102. The molecule has 2 aromatic rings. The maximum atomic E-state index is 14.2. The van der Waals surface area contributed by atoms with E-state index in [4.69, 9.17) is 11.6 Å². The lowest BCUT2D eigenvalue weighted by atomic mass is 10.1. The minimum absolute atomic E-state index is 0.124. The smallest absolute Gasteiger partial charge is 0.258 e. The number of carbonyl (C=O) groups excluding carboxylic acids is 1. The van der Waals surface area contributed by atoms with Crippen LogP contribution in [0.5, 0.6) is 0 Å². The molecule has 26 heavy (non-hydrogen) atoms. The summed E-state index contributed by atoms with van der Waals surface area (Å²) in [4.78, 5) is 12.3. The van der Waals surface area contributed by atoms with Gasteiger partial charge in [0.25, 0.3) is 5.91 Å². The fourth-order valence-corrected chi connectivity index (χ4v) is 4.22. The van der Waals surface area contributed by atoms with E-state index in [1.807, 2.05) is 0 Å². The highest BCUT2D eigenvalue weighted by molar-refractivity contribution is 7.89. The van der Waals surface area contributed by atoms with Crippen molar-refractivity contribution in [1.82, 2.24) is 4.31 Å². The zero-order valence-electron chi connectivity index (χ0n) is 14.7. The van der Waals surface area contributed by atoms with Crippen LogP contribution in [0.1, 0.15) is 29.8 Å². The molecule has 0 atom stereocenters. The van der Waals surface area contributed by atoms with E-state index in [1.165, 1.54) is 4.31 Å². The normalized spacial score (nSPS) is 11.6. The number of nitrogens with one attached hydrogen (secondary N) is 1. The summed E-state index contributed by atoms with van der Waals surface area (Å²) in [5, 5.41) is 3.10. The van der Waals surface area contributed by atoms with Crippen molar-refractivity contribution < 1.29 is 17.6 Å². The van der Waals surface area contributed by atoms with E-state index < -0.39 is 21.7 Å². The number of hydrogen-bond donors (Lipinski definition) is 1. The number of sulfonamides is 1. The predicted molar refractivity (Wildman–Crippen MR) is 101 cm³/mol. The van der Waals surface area contributed by atoms with Gasteiger partial charge >= 0.3 is 0 Å². The molecular formula is C18H20ClFN2O3S. The first-order valence-electron chi connectivity index (χ1n) is 8.07. The minimum Gasteiger partial charge on any atom is -0.322 e. The van der Waals surface area contributed by atoms with Crippen LogP contribution in [-0.2, 0) is 10.0 Å². The van der Waals surface area contributed by atoms with Gasteiger partial charge in [-0.15, -0.1) is 0 Å². The number of amides is 1. The van der Waals surface area contributed by atoms with Crippen molar-refractivity contribution in [2.45, 2.75) is 25.7 Å². The van der Waals surface area contributed by atoms with E-state index in [0.717, 1.165) is 18.2 Å². The molecule has 2 aromatic carbocycles. The lowest BCUT2D eigenvalue weighted by Crippen LogP contribution is -2.31. The van der Waals surface area contributed by atoms with E-state index in [2.05, 4.69) is 5.32 Å². The molecule has 0 unspecified atom stereocenters. The minimum atomic E-state index is -3.79. The van der Waals surface area contributed by atoms with Crippen molar-refractivity contribution >= 4 is 33.2 Å². The maximum Gasteiger partial charge on any atom is 0.258 e. The van der Waals surface area contributed by atoms with Gasteiger partial charge in [-0.1, -0.05) is 25.4 Å². The molecule has 0 saturated heterocycles. The second-order valence-corrected chi connectivity index (χ2v) is 8.02. The standard InChI is InChI=1S/C18H20ClFN2O3S/c1-4-22(5-2)26(24,25)14-7-8-16(20)15(11-14)18(23)21-17-9-6-13(19)10-12(17)3/h6-11H,4-5H2,1-3H3,(H,21,23). The first-order valence-corrected chi connectivity index (χ1v) is 9.89. The van der Waals surface area contributed by atoms with Gasteiger partial charge in [0, 0.05) is 23.8 Å². The van der Waals surface area contributed by atoms with Crippen LogP contribution in [0.3, 0.4) is 0 Å². The summed E-state index contributed by atoms with van der Waals surface area (Å²) in [7, 11) is -3.79. The molecule has 2 rings (SSSR count). The molecule has 0 aliphatic heterocycles. The Morgan fingerprint density at radius 2 is 1.81 bits per heavy atom. The topological polar surface area (TPSA) is 66.5 Å². The molecule has 0 aliphatic rings. The molecule has 0 radical (unpaired) electrons. The van der Waals surface area contributed by atoms with Crippen LogP contribution in [0.4, 0.5) is 10.1 Å². The van der Waals surface area contributed by atoms with E-state index >= 15 is 0 Å². The molecule has 0 fully saturated rings. The summed E-state index contributed by atoms with van der Waals surface area (Å²) < 4.78 is 40.6.